The van der Waals surface area contributed by atoms with Gasteiger partial charge in [-0.3, -0.25) is 19.2 Å². The Labute approximate surface area is 205 Å². The Morgan fingerprint density at radius 1 is 0.971 bits per heavy atom. The zero-order chi connectivity index (χ0) is 24.2. The zero-order valence-electron chi connectivity index (χ0n) is 19.7. The van der Waals surface area contributed by atoms with Crippen molar-refractivity contribution < 1.29 is 9.59 Å². The number of anilines is 1. The van der Waals surface area contributed by atoms with Crippen molar-refractivity contribution in [3.8, 4) is 0 Å². The van der Waals surface area contributed by atoms with Crippen LogP contribution in [0.1, 0.15) is 42.6 Å². The van der Waals surface area contributed by atoms with Crippen molar-refractivity contribution in [1.29, 1.82) is 0 Å². The van der Waals surface area contributed by atoms with E-state index in [0.29, 0.717) is 37.0 Å². The minimum absolute atomic E-state index is 0.0244. The summed E-state index contributed by atoms with van der Waals surface area (Å²) in [5.74, 6) is -0.767. The van der Waals surface area contributed by atoms with Gasteiger partial charge in [-0.25, -0.2) is 0 Å². The van der Waals surface area contributed by atoms with Gasteiger partial charge in [0.1, 0.15) is 0 Å². The average molecular weight is 480 g/mol. The summed E-state index contributed by atoms with van der Waals surface area (Å²) < 4.78 is 1.77. The zero-order valence-corrected chi connectivity index (χ0v) is 20.5. The summed E-state index contributed by atoms with van der Waals surface area (Å²) >= 11 is 6.57. The quantitative estimate of drug-likeness (QED) is 0.554. The van der Waals surface area contributed by atoms with E-state index in [9.17, 15) is 9.59 Å². The molecular weight excluding hydrogens is 450 g/mol. The van der Waals surface area contributed by atoms with Crippen LogP contribution in [0.15, 0.2) is 60.8 Å². The molecule has 1 unspecified atom stereocenters. The molecule has 7 nitrogen and oxygen atoms in total. The first-order valence-electron chi connectivity index (χ1n) is 11.5. The van der Waals surface area contributed by atoms with Crippen molar-refractivity contribution in [3.05, 3.63) is 82.5 Å². The van der Waals surface area contributed by atoms with Crippen LogP contribution in [0.25, 0.3) is 0 Å². The number of halogens is 1. The first-order valence-corrected chi connectivity index (χ1v) is 11.9. The molecule has 0 aliphatic carbocycles. The van der Waals surface area contributed by atoms with Crippen LogP contribution in [0.4, 0.5) is 5.82 Å². The molecule has 2 aromatic carbocycles. The van der Waals surface area contributed by atoms with E-state index in [0.717, 1.165) is 16.7 Å². The minimum Gasteiger partial charge on any atom is -0.332 e. The first-order chi connectivity index (χ1) is 16.3. The third-order valence-corrected chi connectivity index (χ3v) is 6.50. The van der Waals surface area contributed by atoms with E-state index < -0.39 is 11.8 Å². The fraction of sp³-hybridized carbons (Fsp3) is 0.346. The molecule has 2 heterocycles. The summed E-state index contributed by atoms with van der Waals surface area (Å²) in [5, 5.41) is 7.78. The molecular formula is C26H30ClN5O2. The molecule has 4 rings (SSSR count). The smallest absolute Gasteiger partial charge is 0.315 e. The highest BCUT2D eigenvalue weighted by Gasteiger charge is 2.31. The van der Waals surface area contributed by atoms with Gasteiger partial charge in [0.2, 0.25) is 0 Å². The number of hydrogen-bond acceptors (Lipinski definition) is 4. The van der Waals surface area contributed by atoms with Gasteiger partial charge in [-0.05, 0) is 38.0 Å². The van der Waals surface area contributed by atoms with Crippen LogP contribution in [0.5, 0.6) is 0 Å². The summed E-state index contributed by atoms with van der Waals surface area (Å²) in [6.07, 6.45) is 1.86. The van der Waals surface area contributed by atoms with Gasteiger partial charge in [-0.1, -0.05) is 60.1 Å². The molecule has 178 valence electrons. The van der Waals surface area contributed by atoms with Crippen molar-refractivity contribution in [2.24, 2.45) is 0 Å². The molecule has 0 spiro atoms. The number of amides is 2. The van der Waals surface area contributed by atoms with Crippen LogP contribution in [-0.4, -0.2) is 57.6 Å². The highest BCUT2D eigenvalue weighted by molar-refractivity contribution is 6.39. The number of aromatic nitrogens is 2. The second kappa shape index (κ2) is 10.4. The second-order valence-electron chi connectivity index (χ2n) is 8.85. The number of carbonyl (C=O) groups excluding carboxylic acids is 2. The molecule has 34 heavy (non-hydrogen) atoms. The summed E-state index contributed by atoms with van der Waals surface area (Å²) in [6.45, 7) is 8.06. The molecule has 1 fully saturated rings. The van der Waals surface area contributed by atoms with Crippen molar-refractivity contribution >= 4 is 29.2 Å². The van der Waals surface area contributed by atoms with Gasteiger partial charge in [0.15, 0.2) is 5.82 Å². The van der Waals surface area contributed by atoms with E-state index in [1.54, 1.807) is 9.58 Å². The Balaban J connectivity index is 1.44. The van der Waals surface area contributed by atoms with E-state index in [-0.39, 0.29) is 12.1 Å². The van der Waals surface area contributed by atoms with E-state index in [4.69, 9.17) is 11.6 Å². The van der Waals surface area contributed by atoms with Crippen molar-refractivity contribution in [1.82, 2.24) is 19.6 Å². The molecule has 1 aliphatic rings. The highest BCUT2D eigenvalue weighted by Crippen LogP contribution is 2.33. The van der Waals surface area contributed by atoms with Crippen molar-refractivity contribution in [2.45, 2.75) is 32.9 Å². The molecule has 1 N–H and O–H groups in total. The lowest BCUT2D eigenvalue weighted by Gasteiger charge is -2.39. The SMILES string of the molecule is Cc1cn(C(C)C)nc1NC(=O)C(=O)N1CCN(C(c2ccccc2)c2ccccc2Cl)CC1. The molecule has 3 aromatic rings. The predicted molar refractivity (Wildman–Crippen MR) is 134 cm³/mol. The number of nitrogens with one attached hydrogen (secondary N) is 1. The lowest BCUT2D eigenvalue weighted by Crippen LogP contribution is -2.52. The first kappa shape index (κ1) is 24.0. The fourth-order valence-electron chi connectivity index (χ4n) is 4.28. The topological polar surface area (TPSA) is 70.5 Å². The number of rotatable bonds is 5. The maximum Gasteiger partial charge on any atom is 0.315 e. The van der Waals surface area contributed by atoms with Crippen molar-refractivity contribution in [3.63, 3.8) is 0 Å². The van der Waals surface area contributed by atoms with E-state index in [1.165, 1.54) is 0 Å². The monoisotopic (exact) mass is 479 g/mol. The molecule has 8 heteroatoms. The van der Waals surface area contributed by atoms with Gasteiger partial charge < -0.3 is 10.2 Å². The van der Waals surface area contributed by atoms with Crippen LogP contribution >= 0.6 is 11.6 Å². The standard InChI is InChI=1S/C26H30ClN5O2/c1-18(2)32-17-19(3)24(29-32)28-25(33)26(34)31-15-13-30(14-16-31)23(20-9-5-4-6-10-20)21-11-7-8-12-22(21)27/h4-12,17-18,23H,13-16H2,1-3H3,(H,28,29,33). The van der Waals surface area contributed by atoms with Gasteiger partial charge >= 0.3 is 11.8 Å². The third-order valence-electron chi connectivity index (χ3n) is 6.15. The van der Waals surface area contributed by atoms with Crippen LogP contribution < -0.4 is 5.32 Å². The normalized spacial score (nSPS) is 15.4. The maximum atomic E-state index is 12.9. The second-order valence-corrected chi connectivity index (χ2v) is 9.26. The Kier molecular flexibility index (Phi) is 7.34. The summed E-state index contributed by atoms with van der Waals surface area (Å²) in [4.78, 5) is 29.4. The van der Waals surface area contributed by atoms with Crippen LogP contribution in [0.2, 0.25) is 5.02 Å². The average Bonchev–Trinajstić information content (AvgIpc) is 3.21. The van der Waals surface area contributed by atoms with Gasteiger partial charge in [0.25, 0.3) is 0 Å². The Morgan fingerprint density at radius 3 is 2.24 bits per heavy atom. The predicted octanol–water partition coefficient (Wildman–Crippen LogP) is 4.30. The van der Waals surface area contributed by atoms with Crippen LogP contribution in [0.3, 0.4) is 0 Å². The number of hydrogen-bond donors (Lipinski definition) is 1. The number of aryl methyl sites for hydroxylation is 1. The molecule has 0 radical (unpaired) electrons. The minimum atomic E-state index is -0.656. The Hall–Kier alpha value is -3.16. The van der Waals surface area contributed by atoms with Crippen molar-refractivity contribution in [2.75, 3.05) is 31.5 Å². The number of carbonyl (C=O) groups is 2. The molecule has 0 saturated carbocycles. The number of piperazine rings is 1. The van der Waals surface area contributed by atoms with Gasteiger partial charge in [0, 0.05) is 49.0 Å². The lowest BCUT2D eigenvalue weighted by molar-refractivity contribution is -0.144. The fourth-order valence-corrected chi connectivity index (χ4v) is 4.52. The summed E-state index contributed by atoms with van der Waals surface area (Å²) in [6, 6.07) is 18.2. The summed E-state index contributed by atoms with van der Waals surface area (Å²) in [7, 11) is 0. The Bertz CT molecular complexity index is 1150. The number of nitrogens with zero attached hydrogens (tertiary/aromatic N) is 4. The Morgan fingerprint density at radius 2 is 1.62 bits per heavy atom. The van der Waals surface area contributed by atoms with Crippen LogP contribution in [0, 0.1) is 6.92 Å². The molecule has 1 atom stereocenters. The largest absolute Gasteiger partial charge is 0.332 e. The van der Waals surface area contributed by atoms with Gasteiger partial charge in [0.05, 0.1) is 6.04 Å². The van der Waals surface area contributed by atoms with E-state index in [2.05, 4.69) is 27.4 Å². The van der Waals surface area contributed by atoms with E-state index in [1.807, 2.05) is 69.4 Å². The van der Waals surface area contributed by atoms with Crippen LogP contribution in [-0.2, 0) is 9.59 Å². The molecule has 1 aliphatic heterocycles. The molecule has 1 saturated heterocycles. The number of benzene rings is 2. The van der Waals surface area contributed by atoms with E-state index >= 15 is 0 Å². The maximum absolute atomic E-state index is 12.9. The molecule has 1 aromatic heterocycles. The lowest BCUT2D eigenvalue weighted by atomic mass is 9.96. The highest BCUT2D eigenvalue weighted by atomic mass is 35.5. The van der Waals surface area contributed by atoms with Gasteiger partial charge in [-0.15, -0.1) is 0 Å². The molecule has 0 bridgehead atoms. The third kappa shape index (κ3) is 5.16. The molecule has 2 amide bonds. The van der Waals surface area contributed by atoms with Gasteiger partial charge in [-0.2, -0.15) is 5.10 Å². The summed E-state index contributed by atoms with van der Waals surface area (Å²) in [5.41, 5.74) is 3.00.